The van der Waals surface area contributed by atoms with E-state index in [0.29, 0.717) is 31.2 Å². The first-order chi connectivity index (χ1) is 11.5. The van der Waals surface area contributed by atoms with Crippen molar-refractivity contribution in [1.29, 1.82) is 0 Å². The fourth-order valence-corrected chi connectivity index (χ4v) is 3.52. The highest BCUT2D eigenvalue weighted by Crippen LogP contribution is 2.47. The highest BCUT2D eigenvalue weighted by atomic mass is 16.5. The molecule has 1 amide bonds. The number of carbonyl (C=O) groups is 2. The number of carboxylic acid groups (broad SMARTS) is 1. The van der Waals surface area contributed by atoms with Crippen LogP contribution in [0.15, 0.2) is 16.5 Å². The Hall–Kier alpha value is -1.82. The Bertz CT molecular complexity index is 650. The van der Waals surface area contributed by atoms with Gasteiger partial charge in [0.2, 0.25) is 0 Å². The van der Waals surface area contributed by atoms with Crippen molar-refractivity contribution in [2.75, 3.05) is 0 Å². The summed E-state index contributed by atoms with van der Waals surface area (Å²) in [5.74, 6) is 1.95. The van der Waals surface area contributed by atoms with Gasteiger partial charge in [-0.05, 0) is 50.2 Å². The maximum Gasteiger partial charge on any atom is 0.332 e. The van der Waals surface area contributed by atoms with E-state index in [1.54, 1.807) is 0 Å². The molecule has 2 saturated carbocycles. The van der Waals surface area contributed by atoms with Crippen LogP contribution in [0.2, 0.25) is 0 Å². The monoisotopic (exact) mass is 333 g/mol. The van der Waals surface area contributed by atoms with Crippen molar-refractivity contribution in [1.82, 2.24) is 4.90 Å². The molecule has 6 heteroatoms. The lowest BCUT2D eigenvalue weighted by atomic mass is 10.1. The Labute approximate surface area is 140 Å². The number of carbonyl (C=O) groups excluding carboxylic acids is 1. The largest absolute Gasteiger partial charge is 0.479 e. The van der Waals surface area contributed by atoms with Gasteiger partial charge in [0.05, 0.1) is 6.54 Å². The second-order valence-corrected chi connectivity index (χ2v) is 7.35. The summed E-state index contributed by atoms with van der Waals surface area (Å²) in [5.41, 5.74) is 0. The third-order valence-corrected chi connectivity index (χ3v) is 5.32. The quantitative estimate of drug-likeness (QED) is 0.865. The number of aliphatic carboxylic acids is 1. The summed E-state index contributed by atoms with van der Waals surface area (Å²) in [6.45, 7) is 2.66. The third kappa shape index (κ3) is 3.07. The van der Waals surface area contributed by atoms with Gasteiger partial charge in [0, 0.05) is 12.0 Å². The Morgan fingerprint density at radius 3 is 2.50 bits per heavy atom. The van der Waals surface area contributed by atoms with E-state index in [1.807, 2.05) is 17.0 Å². The van der Waals surface area contributed by atoms with Gasteiger partial charge in [-0.15, -0.1) is 0 Å². The predicted molar refractivity (Wildman–Crippen MR) is 84.3 cm³/mol. The molecule has 2 heterocycles. The van der Waals surface area contributed by atoms with E-state index >= 15 is 0 Å². The zero-order valence-electron chi connectivity index (χ0n) is 13.8. The van der Waals surface area contributed by atoms with Crippen molar-refractivity contribution in [2.45, 2.75) is 69.7 Å². The van der Waals surface area contributed by atoms with Gasteiger partial charge in [-0.3, -0.25) is 4.79 Å². The molecule has 0 spiro atoms. The van der Waals surface area contributed by atoms with E-state index in [-0.39, 0.29) is 11.9 Å². The standard InChI is InChI=1S/C18H23NO5/c1-10-8-13(10)14-5-4-12(23-14)9-19(11-2-3-11)17(20)15-6-7-16(24-15)18(21)22/h4-5,10-11,13,15-16H,2-3,6-9H2,1H3,(H,21,22)/t10?,13?,15-,16+/m0/s1. The van der Waals surface area contributed by atoms with Gasteiger partial charge in [0.25, 0.3) is 5.91 Å². The summed E-state index contributed by atoms with van der Waals surface area (Å²) >= 11 is 0. The van der Waals surface area contributed by atoms with Gasteiger partial charge < -0.3 is 19.2 Å². The summed E-state index contributed by atoms with van der Waals surface area (Å²) in [5, 5.41) is 9.03. The average molecular weight is 333 g/mol. The summed E-state index contributed by atoms with van der Waals surface area (Å²) < 4.78 is 11.4. The minimum Gasteiger partial charge on any atom is -0.479 e. The Balaban J connectivity index is 1.42. The highest BCUT2D eigenvalue weighted by Gasteiger charge is 2.42. The van der Waals surface area contributed by atoms with Crippen LogP contribution in [0.1, 0.15) is 56.5 Å². The minimum absolute atomic E-state index is 0.0982. The first kappa shape index (κ1) is 15.7. The lowest BCUT2D eigenvalue weighted by Crippen LogP contribution is -2.40. The summed E-state index contributed by atoms with van der Waals surface area (Å²) in [6, 6.07) is 4.21. The van der Waals surface area contributed by atoms with Crippen molar-refractivity contribution in [2.24, 2.45) is 5.92 Å². The number of furan rings is 1. The molecule has 0 radical (unpaired) electrons. The number of hydrogen-bond donors (Lipinski definition) is 1. The van der Waals surface area contributed by atoms with Gasteiger partial charge in [-0.2, -0.15) is 0 Å². The van der Waals surface area contributed by atoms with E-state index in [0.717, 1.165) is 24.4 Å². The molecule has 130 valence electrons. The maximum atomic E-state index is 12.8. The summed E-state index contributed by atoms with van der Waals surface area (Å²) in [4.78, 5) is 25.6. The molecule has 3 aliphatic rings. The van der Waals surface area contributed by atoms with Crippen LogP contribution in [0.4, 0.5) is 0 Å². The highest BCUT2D eigenvalue weighted by molar-refractivity contribution is 5.83. The van der Waals surface area contributed by atoms with Crippen LogP contribution in [-0.4, -0.2) is 40.1 Å². The molecular formula is C18H23NO5. The zero-order valence-corrected chi connectivity index (χ0v) is 13.8. The van der Waals surface area contributed by atoms with Crippen LogP contribution < -0.4 is 0 Å². The van der Waals surface area contributed by atoms with Crippen molar-refractivity contribution in [3.63, 3.8) is 0 Å². The van der Waals surface area contributed by atoms with Gasteiger partial charge in [-0.1, -0.05) is 6.92 Å². The SMILES string of the molecule is CC1CC1c1ccc(CN(C(=O)[C@@H]2CC[C@H](C(=O)O)O2)C2CC2)o1. The van der Waals surface area contributed by atoms with Crippen LogP contribution in [0.5, 0.6) is 0 Å². The second-order valence-electron chi connectivity index (χ2n) is 7.35. The molecule has 1 aromatic heterocycles. The molecule has 6 nitrogen and oxygen atoms in total. The second kappa shape index (κ2) is 5.92. The first-order valence-electron chi connectivity index (χ1n) is 8.80. The molecule has 0 bridgehead atoms. The van der Waals surface area contributed by atoms with Crippen LogP contribution in [0.3, 0.4) is 0 Å². The topological polar surface area (TPSA) is 80.0 Å². The normalized spacial score (nSPS) is 31.9. The fraction of sp³-hybridized carbons (Fsp3) is 0.667. The van der Waals surface area contributed by atoms with Crippen molar-refractivity contribution in [3.05, 3.63) is 23.7 Å². The average Bonchev–Trinajstić information content (AvgIpc) is 3.41. The smallest absolute Gasteiger partial charge is 0.332 e. The van der Waals surface area contributed by atoms with Crippen LogP contribution in [0.25, 0.3) is 0 Å². The molecule has 2 unspecified atom stereocenters. The lowest BCUT2D eigenvalue weighted by molar-refractivity contribution is -0.155. The van der Waals surface area contributed by atoms with E-state index in [2.05, 4.69) is 6.92 Å². The molecule has 0 aromatic carbocycles. The molecule has 1 aliphatic heterocycles. The molecular weight excluding hydrogens is 310 g/mol. The van der Waals surface area contributed by atoms with E-state index in [9.17, 15) is 9.59 Å². The maximum absolute atomic E-state index is 12.8. The van der Waals surface area contributed by atoms with Gasteiger partial charge in [0.15, 0.2) is 6.10 Å². The van der Waals surface area contributed by atoms with Crippen molar-refractivity contribution >= 4 is 11.9 Å². The number of rotatable bonds is 6. The van der Waals surface area contributed by atoms with Gasteiger partial charge in [0.1, 0.15) is 17.6 Å². The predicted octanol–water partition coefficient (Wildman–Crippen LogP) is 2.53. The van der Waals surface area contributed by atoms with Gasteiger partial charge >= 0.3 is 5.97 Å². The van der Waals surface area contributed by atoms with E-state index in [1.165, 1.54) is 6.42 Å². The zero-order chi connectivity index (χ0) is 16.8. The van der Waals surface area contributed by atoms with Crippen LogP contribution >= 0.6 is 0 Å². The first-order valence-corrected chi connectivity index (χ1v) is 8.80. The molecule has 2 aliphatic carbocycles. The third-order valence-electron chi connectivity index (χ3n) is 5.32. The lowest BCUT2D eigenvalue weighted by Gasteiger charge is -2.24. The Morgan fingerprint density at radius 1 is 1.21 bits per heavy atom. The molecule has 4 rings (SSSR count). The fourth-order valence-electron chi connectivity index (χ4n) is 3.52. The van der Waals surface area contributed by atoms with E-state index < -0.39 is 18.2 Å². The Kier molecular flexibility index (Phi) is 3.87. The Morgan fingerprint density at radius 2 is 1.92 bits per heavy atom. The van der Waals surface area contributed by atoms with Crippen LogP contribution in [0, 0.1) is 5.92 Å². The van der Waals surface area contributed by atoms with Gasteiger partial charge in [-0.25, -0.2) is 4.79 Å². The van der Waals surface area contributed by atoms with Crippen molar-refractivity contribution < 1.29 is 23.8 Å². The molecule has 4 atom stereocenters. The number of ether oxygens (including phenoxy) is 1. The van der Waals surface area contributed by atoms with Crippen molar-refractivity contribution in [3.8, 4) is 0 Å². The summed E-state index contributed by atoms with van der Waals surface area (Å²) in [6.07, 6.45) is 2.54. The summed E-state index contributed by atoms with van der Waals surface area (Å²) in [7, 11) is 0. The number of hydrogen-bond acceptors (Lipinski definition) is 4. The minimum atomic E-state index is -0.988. The van der Waals surface area contributed by atoms with Crippen LogP contribution in [-0.2, 0) is 20.9 Å². The molecule has 1 N–H and O–H groups in total. The molecule has 1 aromatic rings. The molecule has 1 saturated heterocycles. The molecule has 24 heavy (non-hydrogen) atoms. The van der Waals surface area contributed by atoms with E-state index in [4.69, 9.17) is 14.3 Å². The number of nitrogens with zero attached hydrogens (tertiary/aromatic N) is 1. The number of carboxylic acids is 1. The molecule has 3 fully saturated rings. The number of amides is 1.